The Labute approximate surface area is 177 Å². The van der Waals surface area contributed by atoms with Crippen molar-refractivity contribution >= 4 is 11.7 Å². The third-order valence-corrected chi connectivity index (χ3v) is 5.41. The van der Waals surface area contributed by atoms with Crippen LogP contribution in [0.25, 0.3) is 11.4 Å². The van der Waals surface area contributed by atoms with Crippen LogP contribution in [-0.4, -0.2) is 47.0 Å². The molecule has 1 aliphatic heterocycles. The zero-order valence-electron chi connectivity index (χ0n) is 17.1. The van der Waals surface area contributed by atoms with Crippen LogP contribution in [0.2, 0.25) is 0 Å². The third kappa shape index (κ3) is 4.26. The SMILES string of the molecule is Cc1nc(-c2cccc(C(F)(F)F)c2)nc(N2CCN(C(=O)c3ccco3)CC2)c1C. The van der Waals surface area contributed by atoms with Crippen LogP contribution in [0.3, 0.4) is 0 Å². The summed E-state index contributed by atoms with van der Waals surface area (Å²) in [5.74, 6) is 1.06. The molecule has 0 radical (unpaired) electrons. The number of halogens is 3. The minimum atomic E-state index is -4.44. The van der Waals surface area contributed by atoms with Crippen LogP contribution in [0.5, 0.6) is 0 Å². The van der Waals surface area contributed by atoms with Crippen molar-refractivity contribution in [3.63, 3.8) is 0 Å². The van der Waals surface area contributed by atoms with Crippen molar-refractivity contribution in [3.05, 3.63) is 65.2 Å². The van der Waals surface area contributed by atoms with Crippen molar-refractivity contribution in [1.82, 2.24) is 14.9 Å². The Bertz CT molecular complexity index is 1090. The average Bonchev–Trinajstić information content (AvgIpc) is 3.30. The number of anilines is 1. The molecule has 0 aliphatic carbocycles. The molecule has 1 amide bonds. The second kappa shape index (κ2) is 8.05. The Morgan fingerprint density at radius 1 is 1.03 bits per heavy atom. The Balaban J connectivity index is 1.58. The van der Waals surface area contributed by atoms with Gasteiger partial charge in [-0.3, -0.25) is 4.79 Å². The molecule has 6 nitrogen and oxygen atoms in total. The summed E-state index contributed by atoms with van der Waals surface area (Å²) in [6.07, 6.45) is -2.97. The van der Waals surface area contributed by atoms with Gasteiger partial charge in [0, 0.05) is 43.0 Å². The number of carbonyl (C=O) groups is 1. The average molecular weight is 430 g/mol. The highest BCUT2D eigenvalue weighted by Crippen LogP contribution is 2.32. The van der Waals surface area contributed by atoms with E-state index < -0.39 is 11.7 Å². The number of hydrogen-bond acceptors (Lipinski definition) is 5. The van der Waals surface area contributed by atoms with E-state index in [0.29, 0.717) is 49.0 Å². The molecule has 0 bridgehead atoms. The van der Waals surface area contributed by atoms with Crippen LogP contribution in [0.1, 0.15) is 27.4 Å². The number of piperazine rings is 1. The lowest BCUT2D eigenvalue weighted by atomic mass is 10.1. The molecule has 2 aromatic heterocycles. The van der Waals surface area contributed by atoms with Gasteiger partial charge in [0.15, 0.2) is 11.6 Å². The van der Waals surface area contributed by atoms with Gasteiger partial charge in [-0.2, -0.15) is 13.2 Å². The molecule has 31 heavy (non-hydrogen) atoms. The number of rotatable bonds is 3. The Kier molecular flexibility index (Phi) is 5.43. The smallest absolute Gasteiger partial charge is 0.416 e. The zero-order valence-corrected chi connectivity index (χ0v) is 17.1. The molecule has 0 N–H and O–H groups in total. The number of amides is 1. The fraction of sp³-hybridized carbons (Fsp3) is 0.318. The van der Waals surface area contributed by atoms with Crippen LogP contribution in [-0.2, 0) is 6.18 Å². The Morgan fingerprint density at radius 2 is 1.77 bits per heavy atom. The first-order chi connectivity index (χ1) is 14.7. The van der Waals surface area contributed by atoms with E-state index in [2.05, 4.69) is 9.97 Å². The van der Waals surface area contributed by atoms with Gasteiger partial charge in [-0.1, -0.05) is 12.1 Å². The molecular formula is C22H21F3N4O2. The molecule has 9 heteroatoms. The topological polar surface area (TPSA) is 62.5 Å². The highest BCUT2D eigenvalue weighted by Gasteiger charge is 2.31. The van der Waals surface area contributed by atoms with Gasteiger partial charge in [-0.15, -0.1) is 0 Å². The second-order valence-electron chi connectivity index (χ2n) is 7.42. The van der Waals surface area contributed by atoms with Gasteiger partial charge in [0.25, 0.3) is 5.91 Å². The first kappa shape index (κ1) is 20.9. The monoisotopic (exact) mass is 430 g/mol. The summed E-state index contributed by atoms with van der Waals surface area (Å²) in [6, 6.07) is 8.33. The van der Waals surface area contributed by atoms with Crippen molar-refractivity contribution in [1.29, 1.82) is 0 Å². The van der Waals surface area contributed by atoms with Gasteiger partial charge < -0.3 is 14.2 Å². The van der Waals surface area contributed by atoms with E-state index in [1.807, 2.05) is 18.7 Å². The summed E-state index contributed by atoms with van der Waals surface area (Å²) in [5, 5.41) is 0. The van der Waals surface area contributed by atoms with Gasteiger partial charge in [0.05, 0.1) is 11.8 Å². The molecule has 3 heterocycles. The minimum Gasteiger partial charge on any atom is -0.459 e. The van der Waals surface area contributed by atoms with E-state index in [9.17, 15) is 18.0 Å². The number of alkyl halides is 3. The lowest BCUT2D eigenvalue weighted by molar-refractivity contribution is -0.137. The number of aryl methyl sites for hydroxylation is 1. The first-order valence-electron chi connectivity index (χ1n) is 9.84. The molecular weight excluding hydrogens is 409 g/mol. The summed E-state index contributed by atoms with van der Waals surface area (Å²) >= 11 is 0. The highest BCUT2D eigenvalue weighted by atomic mass is 19.4. The van der Waals surface area contributed by atoms with E-state index in [0.717, 1.165) is 17.7 Å². The maximum Gasteiger partial charge on any atom is 0.416 e. The number of hydrogen-bond donors (Lipinski definition) is 0. The predicted molar refractivity (Wildman–Crippen MR) is 109 cm³/mol. The van der Waals surface area contributed by atoms with Gasteiger partial charge >= 0.3 is 6.18 Å². The molecule has 1 fully saturated rings. The summed E-state index contributed by atoms with van der Waals surface area (Å²) in [7, 11) is 0. The zero-order chi connectivity index (χ0) is 22.2. The molecule has 3 aromatic rings. The summed E-state index contributed by atoms with van der Waals surface area (Å²) in [5.41, 5.74) is 1.14. The molecule has 0 saturated carbocycles. The van der Waals surface area contributed by atoms with Gasteiger partial charge in [0.1, 0.15) is 5.82 Å². The van der Waals surface area contributed by atoms with Crippen LogP contribution in [0, 0.1) is 13.8 Å². The largest absolute Gasteiger partial charge is 0.459 e. The summed E-state index contributed by atoms with van der Waals surface area (Å²) in [4.78, 5) is 25.2. The van der Waals surface area contributed by atoms with Gasteiger partial charge in [-0.05, 0) is 38.1 Å². The standard InChI is InChI=1S/C22H21F3N4O2/c1-14-15(2)26-19(16-5-3-6-17(13-16)22(23,24)25)27-20(14)28-8-10-29(11-9-28)21(30)18-7-4-12-31-18/h3-7,12-13H,8-11H2,1-2H3. The molecule has 1 aliphatic rings. The van der Waals surface area contributed by atoms with Crippen molar-refractivity contribution in [3.8, 4) is 11.4 Å². The molecule has 162 valence electrons. The number of furan rings is 1. The van der Waals surface area contributed by atoms with Crippen molar-refractivity contribution in [2.75, 3.05) is 31.1 Å². The number of aromatic nitrogens is 2. The minimum absolute atomic E-state index is 0.162. The van der Waals surface area contributed by atoms with E-state index in [-0.39, 0.29) is 11.7 Å². The molecule has 0 spiro atoms. The van der Waals surface area contributed by atoms with Crippen molar-refractivity contribution in [2.45, 2.75) is 20.0 Å². The highest BCUT2D eigenvalue weighted by molar-refractivity contribution is 5.91. The normalized spacial score (nSPS) is 14.7. The fourth-order valence-electron chi connectivity index (χ4n) is 3.56. The molecule has 1 saturated heterocycles. The van der Waals surface area contributed by atoms with Crippen LogP contribution in [0.4, 0.5) is 19.0 Å². The molecule has 0 atom stereocenters. The van der Waals surface area contributed by atoms with E-state index in [4.69, 9.17) is 4.42 Å². The number of nitrogens with zero attached hydrogens (tertiary/aromatic N) is 4. The summed E-state index contributed by atoms with van der Waals surface area (Å²) < 4.78 is 44.5. The maximum atomic E-state index is 13.1. The van der Waals surface area contributed by atoms with E-state index in [1.54, 1.807) is 23.1 Å². The molecule has 0 unspecified atom stereocenters. The van der Waals surface area contributed by atoms with Crippen LogP contribution < -0.4 is 4.90 Å². The predicted octanol–water partition coefficient (Wildman–Crippen LogP) is 4.33. The third-order valence-electron chi connectivity index (χ3n) is 5.41. The quantitative estimate of drug-likeness (QED) is 0.619. The summed E-state index contributed by atoms with van der Waals surface area (Å²) in [6.45, 7) is 5.77. The van der Waals surface area contributed by atoms with Crippen LogP contribution in [0.15, 0.2) is 47.1 Å². The molecule has 1 aromatic carbocycles. The van der Waals surface area contributed by atoms with E-state index >= 15 is 0 Å². The maximum absolute atomic E-state index is 13.1. The lowest BCUT2D eigenvalue weighted by Crippen LogP contribution is -2.49. The fourth-order valence-corrected chi connectivity index (χ4v) is 3.56. The van der Waals surface area contributed by atoms with Gasteiger partial charge in [-0.25, -0.2) is 9.97 Å². The Morgan fingerprint density at radius 3 is 2.42 bits per heavy atom. The van der Waals surface area contributed by atoms with Crippen molar-refractivity contribution in [2.24, 2.45) is 0 Å². The lowest BCUT2D eigenvalue weighted by Gasteiger charge is -2.36. The Hall–Kier alpha value is -3.36. The van der Waals surface area contributed by atoms with Crippen molar-refractivity contribution < 1.29 is 22.4 Å². The number of carbonyl (C=O) groups excluding carboxylic acids is 1. The molecule has 4 rings (SSSR count). The number of benzene rings is 1. The van der Waals surface area contributed by atoms with E-state index in [1.165, 1.54) is 12.3 Å². The second-order valence-corrected chi connectivity index (χ2v) is 7.42. The van der Waals surface area contributed by atoms with Crippen LogP contribution >= 0.6 is 0 Å². The first-order valence-corrected chi connectivity index (χ1v) is 9.84. The van der Waals surface area contributed by atoms with Gasteiger partial charge in [0.2, 0.25) is 0 Å².